The first-order chi connectivity index (χ1) is 16.7. The first-order valence-corrected chi connectivity index (χ1v) is 12.9. The van der Waals surface area contributed by atoms with Gasteiger partial charge in [-0.15, -0.1) is 0 Å². The van der Waals surface area contributed by atoms with E-state index in [9.17, 15) is 18.0 Å². The van der Waals surface area contributed by atoms with Gasteiger partial charge < -0.3 is 4.90 Å². The highest BCUT2D eigenvalue weighted by molar-refractivity contribution is 7.90. The van der Waals surface area contributed by atoms with Crippen LogP contribution in [0.25, 0.3) is 22.3 Å². The normalized spacial score (nSPS) is 11.2. The molecule has 0 amide bonds. The van der Waals surface area contributed by atoms with E-state index in [2.05, 4.69) is 0 Å². The van der Waals surface area contributed by atoms with E-state index < -0.39 is 21.4 Å². The minimum absolute atomic E-state index is 0.214. The van der Waals surface area contributed by atoms with Crippen LogP contribution < -0.4 is 4.90 Å². The van der Waals surface area contributed by atoms with Crippen LogP contribution in [0.15, 0.2) is 102 Å². The zero-order chi connectivity index (χ0) is 25.2. The fourth-order valence-electron chi connectivity index (χ4n) is 3.94. The Balaban J connectivity index is 1.83. The van der Waals surface area contributed by atoms with Crippen molar-refractivity contribution in [1.29, 1.82) is 0 Å². The molecule has 4 rings (SSSR count). The molecular formula is C29H25NO4S. The summed E-state index contributed by atoms with van der Waals surface area (Å²) in [7, 11) is 0.472. The number of sulfone groups is 1. The highest BCUT2D eigenvalue weighted by atomic mass is 32.2. The van der Waals surface area contributed by atoms with Crippen molar-refractivity contribution >= 4 is 27.1 Å². The fraction of sp³-hybridized carbons (Fsp3) is 0.103. The van der Waals surface area contributed by atoms with E-state index in [1.807, 2.05) is 55.4 Å². The van der Waals surface area contributed by atoms with Gasteiger partial charge in [0.1, 0.15) is 0 Å². The lowest BCUT2D eigenvalue weighted by molar-refractivity contribution is 0.0817. The summed E-state index contributed by atoms with van der Waals surface area (Å²) < 4.78 is 23.8. The highest BCUT2D eigenvalue weighted by Crippen LogP contribution is 2.36. The fourth-order valence-corrected chi connectivity index (χ4v) is 4.57. The number of hydrogen-bond acceptors (Lipinski definition) is 5. The van der Waals surface area contributed by atoms with E-state index in [-0.39, 0.29) is 4.90 Å². The maximum absolute atomic E-state index is 13.5. The summed E-state index contributed by atoms with van der Waals surface area (Å²) >= 11 is 0. The number of hydrogen-bond donors (Lipinski definition) is 0. The van der Waals surface area contributed by atoms with Crippen molar-refractivity contribution in [3.05, 3.63) is 108 Å². The molecule has 4 aromatic carbocycles. The van der Waals surface area contributed by atoms with Gasteiger partial charge in [0.05, 0.1) is 4.90 Å². The van der Waals surface area contributed by atoms with Gasteiger partial charge in [0.15, 0.2) is 9.84 Å². The Morgan fingerprint density at radius 3 is 1.86 bits per heavy atom. The molecule has 0 fully saturated rings. The molecule has 4 aromatic rings. The monoisotopic (exact) mass is 483 g/mol. The summed E-state index contributed by atoms with van der Waals surface area (Å²) in [5, 5.41) is 0. The summed E-state index contributed by atoms with van der Waals surface area (Å²) in [6.45, 7) is 0. The van der Waals surface area contributed by atoms with Gasteiger partial charge in [-0.3, -0.25) is 9.59 Å². The molecule has 0 atom stereocenters. The molecule has 0 heterocycles. The zero-order valence-electron chi connectivity index (χ0n) is 19.7. The molecule has 0 aliphatic carbocycles. The van der Waals surface area contributed by atoms with Crippen LogP contribution in [-0.4, -0.2) is 40.3 Å². The quantitative estimate of drug-likeness (QED) is 0.254. The lowest BCUT2D eigenvalue weighted by Crippen LogP contribution is -2.16. The molecule has 0 spiro atoms. The second-order valence-electron chi connectivity index (χ2n) is 8.49. The number of anilines is 1. The molecule has 0 saturated carbocycles. The van der Waals surface area contributed by atoms with Crippen LogP contribution in [0.3, 0.4) is 0 Å². The smallest absolute Gasteiger partial charge is 0.234 e. The van der Waals surface area contributed by atoms with Crippen molar-refractivity contribution in [2.75, 3.05) is 25.3 Å². The van der Waals surface area contributed by atoms with Crippen LogP contribution in [0.5, 0.6) is 0 Å². The Morgan fingerprint density at radius 2 is 1.29 bits per heavy atom. The molecule has 0 aliphatic rings. The number of benzene rings is 4. The van der Waals surface area contributed by atoms with Gasteiger partial charge in [-0.1, -0.05) is 60.7 Å². The molecule has 0 N–H and O–H groups in total. The molecule has 0 unspecified atom stereocenters. The van der Waals surface area contributed by atoms with Gasteiger partial charge in [0.2, 0.25) is 11.6 Å². The third kappa shape index (κ3) is 5.08. The Kier molecular flexibility index (Phi) is 6.67. The van der Waals surface area contributed by atoms with E-state index in [0.717, 1.165) is 28.6 Å². The predicted octanol–water partition coefficient (Wildman–Crippen LogP) is 5.56. The molecule has 0 saturated heterocycles. The number of Topliss-reactive ketones (excluding diaryl/α,β-unsaturated/α-hetero) is 2. The standard InChI is InChI=1S/C29H25NO4S/c1-30(2)23-16-12-22(13-17-23)28(31)29(32)26-11-7-10-25(27(26)21-8-5-4-6-9-21)20-14-18-24(19-15-20)35(3,33)34/h4-19H,1-3H3. The molecule has 0 aromatic heterocycles. The Bertz CT molecular complexity index is 1490. The average Bonchev–Trinajstić information content (AvgIpc) is 2.87. The second-order valence-corrected chi connectivity index (χ2v) is 10.5. The van der Waals surface area contributed by atoms with Crippen molar-refractivity contribution in [3.8, 4) is 22.3 Å². The van der Waals surface area contributed by atoms with E-state index in [4.69, 9.17) is 0 Å². The average molecular weight is 484 g/mol. The van der Waals surface area contributed by atoms with Gasteiger partial charge in [-0.2, -0.15) is 0 Å². The summed E-state index contributed by atoms with van der Waals surface area (Å²) in [6.07, 6.45) is 1.16. The van der Waals surface area contributed by atoms with Crippen molar-refractivity contribution in [3.63, 3.8) is 0 Å². The maximum atomic E-state index is 13.5. The first kappa shape index (κ1) is 24.1. The number of carbonyl (C=O) groups excluding carboxylic acids is 2. The Labute approximate surface area is 205 Å². The largest absolute Gasteiger partial charge is 0.378 e. The van der Waals surface area contributed by atoms with Crippen molar-refractivity contribution in [2.24, 2.45) is 0 Å². The van der Waals surface area contributed by atoms with Crippen LogP contribution in [0.4, 0.5) is 5.69 Å². The molecular weight excluding hydrogens is 458 g/mol. The van der Waals surface area contributed by atoms with Gasteiger partial charge >= 0.3 is 0 Å². The van der Waals surface area contributed by atoms with Crippen LogP contribution in [0.2, 0.25) is 0 Å². The van der Waals surface area contributed by atoms with E-state index in [1.54, 1.807) is 60.7 Å². The highest BCUT2D eigenvalue weighted by Gasteiger charge is 2.24. The number of nitrogens with zero attached hydrogens (tertiary/aromatic N) is 1. The Morgan fingerprint density at radius 1 is 0.657 bits per heavy atom. The molecule has 176 valence electrons. The third-order valence-corrected chi connectivity index (χ3v) is 6.95. The number of ketones is 2. The van der Waals surface area contributed by atoms with Crippen LogP contribution in [-0.2, 0) is 9.84 Å². The molecule has 5 nitrogen and oxygen atoms in total. The van der Waals surface area contributed by atoms with E-state index in [0.29, 0.717) is 16.7 Å². The molecule has 0 radical (unpaired) electrons. The zero-order valence-corrected chi connectivity index (χ0v) is 20.5. The van der Waals surface area contributed by atoms with Crippen LogP contribution in [0, 0.1) is 0 Å². The van der Waals surface area contributed by atoms with Gasteiger partial charge in [0, 0.05) is 42.7 Å². The number of rotatable bonds is 7. The summed E-state index contributed by atoms with van der Waals surface area (Å²) in [6, 6.07) is 28.1. The summed E-state index contributed by atoms with van der Waals surface area (Å²) in [5.74, 6) is -1.19. The first-order valence-electron chi connectivity index (χ1n) is 11.0. The molecule has 0 bridgehead atoms. The summed E-state index contributed by atoms with van der Waals surface area (Å²) in [5.41, 5.74) is 4.44. The maximum Gasteiger partial charge on any atom is 0.234 e. The SMILES string of the molecule is CN(C)c1ccc(C(=O)C(=O)c2cccc(-c3ccc(S(C)(=O)=O)cc3)c2-c2ccccc2)cc1. The van der Waals surface area contributed by atoms with Gasteiger partial charge in [-0.05, 0) is 53.1 Å². The van der Waals surface area contributed by atoms with Crippen LogP contribution in [0.1, 0.15) is 20.7 Å². The minimum atomic E-state index is -3.34. The lowest BCUT2D eigenvalue weighted by Gasteiger charge is -2.16. The van der Waals surface area contributed by atoms with Crippen molar-refractivity contribution < 1.29 is 18.0 Å². The lowest BCUT2D eigenvalue weighted by atomic mass is 9.87. The molecule has 35 heavy (non-hydrogen) atoms. The van der Waals surface area contributed by atoms with Gasteiger partial charge in [-0.25, -0.2) is 8.42 Å². The topological polar surface area (TPSA) is 71.5 Å². The van der Waals surface area contributed by atoms with Crippen molar-refractivity contribution in [2.45, 2.75) is 4.90 Å². The third-order valence-electron chi connectivity index (χ3n) is 5.82. The minimum Gasteiger partial charge on any atom is -0.378 e. The Hall–Kier alpha value is -4.03. The predicted molar refractivity (Wildman–Crippen MR) is 140 cm³/mol. The van der Waals surface area contributed by atoms with E-state index >= 15 is 0 Å². The second kappa shape index (κ2) is 9.68. The molecule has 0 aliphatic heterocycles. The van der Waals surface area contributed by atoms with E-state index in [1.165, 1.54) is 0 Å². The molecule has 6 heteroatoms. The van der Waals surface area contributed by atoms with Crippen molar-refractivity contribution in [1.82, 2.24) is 0 Å². The van der Waals surface area contributed by atoms with Crippen LogP contribution >= 0.6 is 0 Å². The summed E-state index contributed by atoms with van der Waals surface area (Å²) in [4.78, 5) is 28.8. The van der Waals surface area contributed by atoms with Gasteiger partial charge in [0.25, 0.3) is 0 Å². The number of carbonyl (C=O) groups is 2.